The SMILES string of the molecule is CNCC1CCN(C(=O)C(C)(C)CCCc2ccccc2)CC1.Cl. The minimum absolute atomic E-state index is 0. The van der Waals surface area contributed by atoms with Crippen LogP contribution in [0.5, 0.6) is 0 Å². The molecule has 2 rings (SSSR count). The van der Waals surface area contributed by atoms with Crippen molar-refractivity contribution in [3.05, 3.63) is 35.9 Å². The Morgan fingerprint density at radius 3 is 2.42 bits per heavy atom. The van der Waals surface area contributed by atoms with Crippen LogP contribution in [-0.4, -0.2) is 37.5 Å². The van der Waals surface area contributed by atoms with Crippen molar-refractivity contribution in [2.24, 2.45) is 11.3 Å². The second kappa shape index (κ2) is 10.0. The highest BCUT2D eigenvalue weighted by Gasteiger charge is 2.33. The molecule has 1 amide bonds. The lowest BCUT2D eigenvalue weighted by Gasteiger charge is -2.37. The monoisotopic (exact) mass is 352 g/mol. The van der Waals surface area contributed by atoms with Gasteiger partial charge < -0.3 is 10.2 Å². The maximum atomic E-state index is 12.8. The van der Waals surface area contributed by atoms with Crippen molar-refractivity contribution in [3.8, 4) is 0 Å². The van der Waals surface area contributed by atoms with Crippen LogP contribution in [0.4, 0.5) is 0 Å². The Hall–Kier alpha value is -1.06. The highest BCUT2D eigenvalue weighted by atomic mass is 35.5. The molecular weight excluding hydrogens is 320 g/mol. The van der Waals surface area contributed by atoms with Gasteiger partial charge in [0.15, 0.2) is 0 Å². The molecule has 3 nitrogen and oxygen atoms in total. The summed E-state index contributed by atoms with van der Waals surface area (Å²) in [7, 11) is 2.01. The third kappa shape index (κ3) is 6.10. The van der Waals surface area contributed by atoms with E-state index in [-0.39, 0.29) is 17.8 Å². The molecule has 136 valence electrons. The van der Waals surface area contributed by atoms with E-state index in [1.165, 1.54) is 5.56 Å². The zero-order chi connectivity index (χ0) is 16.7. The maximum absolute atomic E-state index is 12.8. The van der Waals surface area contributed by atoms with E-state index < -0.39 is 0 Å². The molecule has 0 aliphatic carbocycles. The summed E-state index contributed by atoms with van der Waals surface area (Å²) in [5, 5.41) is 3.25. The maximum Gasteiger partial charge on any atom is 0.228 e. The molecule has 4 heteroatoms. The average molecular weight is 353 g/mol. The Morgan fingerprint density at radius 2 is 1.83 bits per heavy atom. The van der Waals surface area contributed by atoms with Crippen LogP contribution in [0, 0.1) is 11.3 Å². The molecule has 0 radical (unpaired) electrons. The number of aryl methyl sites for hydroxylation is 1. The number of carbonyl (C=O) groups excluding carboxylic acids is 1. The second-order valence-electron chi connectivity index (χ2n) is 7.52. The van der Waals surface area contributed by atoms with Gasteiger partial charge >= 0.3 is 0 Å². The van der Waals surface area contributed by atoms with Crippen LogP contribution in [0.2, 0.25) is 0 Å². The van der Waals surface area contributed by atoms with E-state index >= 15 is 0 Å². The van der Waals surface area contributed by atoms with Crippen molar-refractivity contribution >= 4 is 18.3 Å². The first kappa shape index (κ1) is 21.0. The topological polar surface area (TPSA) is 32.3 Å². The number of nitrogens with zero attached hydrogens (tertiary/aromatic N) is 1. The van der Waals surface area contributed by atoms with Crippen molar-refractivity contribution in [1.29, 1.82) is 0 Å². The fourth-order valence-corrected chi connectivity index (χ4v) is 3.54. The molecule has 0 spiro atoms. The molecule has 0 bridgehead atoms. The lowest BCUT2D eigenvalue weighted by Crippen LogP contribution is -2.46. The zero-order valence-electron chi connectivity index (χ0n) is 15.4. The van der Waals surface area contributed by atoms with Gasteiger partial charge in [-0.2, -0.15) is 0 Å². The normalized spacial score (nSPS) is 15.9. The first-order valence-corrected chi connectivity index (χ1v) is 9.01. The van der Waals surface area contributed by atoms with Gasteiger partial charge in [0.25, 0.3) is 0 Å². The van der Waals surface area contributed by atoms with Crippen molar-refractivity contribution in [1.82, 2.24) is 10.2 Å². The largest absolute Gasteiger partial charge is 0.342 e. The van der Waals surface area contributed by atoms with Gasteiger partial charge in [-0.05, 0) is 57.2 Å². The molecule has 1 aromatic rings. The predicted octanol–water partition coefficient (Wildman–Crippen LogP) is 3.92. The summed E-state index contributed by atoms with van der Waals surface area (Å²) < 4.78 is 0. The van der Waals surface area contributed by atoms with Crippen molar-refractivity contribution in [3.63, 3.8) is 0 Å². The minimum atomic E-state index is -0.245. The summed E-state index contributed by atoms with van der Waals surface area (Å²) in [6, 6.07) is 10.6. The number of rotatable bonds is 7. The Morgan fingerprint density at radius 1 is 1.21 bits per heavy atom. The molecule has 0 saturated carbocycles. The molecule has 1 aliphatic rings. The van der Waals surface area contributed by atoms with Crippen LogP contribution in [0.3, 0.4) is 0 Å². The molecule has 1 saturated heterocycles. The predicted molar refractivity (Wildman–Crippen MR) is 104 cm³/mol. The van der Waals surface area contributed by atoms with Crippen molar-refractivity contribution in [2.45, 2.75) is 46.0 Å². The minimum Gasteiger partial charge on any atom is -0.342 e. The lowest BCUT2D eigenvalue weighted by molar-refractivity contribution is -0.142. The van der Waals surface area contributed by atoms with Gasteiger partial charge in [0.2, 0.25) is 5.91 Å². The van der Waals surface area contributed by atoms with Crippen molar-refractivity contribution in [2.75, 3.05) is 26.7 Å². The average Bonchev–Trinajstić information content (AvgIpc) is 2.56. The Kier molecular flexibility index (Phi) is 8.79. The Bertz CT molecular complexity index is 482. The quantitative estimate of drug-likeness (QED) is 0.806. The molecule has 1 aromatic carbocycles. The Labute approximate surface area is 153 Å². The van der Waals surface area contributed by atoms with Crippen LogP contribution in [0.1, 0.15) is 45.1 Å². The summed E-state index contributed by atoms with van der Waals surface area (Å²) in [6.45, 7) is 7.14. The third-order valence-corrected chi connectivity index (χ3v) is 5.08. The van der Waals surface area contributed by atoms with E-state index in [0.717, 1.165) is 57.7 Å². The molecule has 0 aromatic heterocycles. The van der Waals surface area contributed by atoms with E-state index in [1.807, 2.05) is 7.05 Å². The zero-order valence-corrected chi connectivity index (χ0v) is 16.2. The summed E-state index contributed by atoms with van der Waals surface area (Å²) in [5.74, 6) is 1.07. The first-order chi connectivity index (χ1) is 11.0. The van der Waals surface area contributed by atoms with Gasteiger partial charge in [-0.1, -0.05) is 44.2 Å². The number of piperidine rings is 1. The van der Waals surface area contributed by atoms with E-state index in [0.29, 0.717) is 5.91 Å². The van der Waals surface area contributed by atoms with E-state index in [1.54, 1.807) is 0 Å². The van der Waals surface area contributed by atoms with Crippen LogP contribution in [0.15, 0.2) is 30.3 Å². The van der Waals surface area contributed by atoms with Gasteiger partial charge in [0, 0.05) is 18.5 Å². The van der Waals surface area contributed by atoms with Crippen LogP contribution in [0.25, 0.3) is 0 Å². The number of likely N-dealkylation sites (tertiary alicyclic amines) is 1. The number of carbonyl (C=O) groups is 1. The number of hydrogen-bond acceptors (Lipinski definition) is 2. The highest BCUT2D eigenvalue weighted by molar-refractivity contribution is 5.85. The fourth-order valence-electron chi connectivity index (χ4n) is 3.54. The van der Waals surface area contributed by atoms with Gasteiger partial charge in [0.1, 0.15) is 0 Å². The van der Waals surface area contributed by atoms with Gasteiger partial charge in [-0.25, -0.2) is 0 Å². The number of amides is 1. The Balaban J connectivity index is 0.00000288. The summed E-state index contributed by atoms with van der Waals surface area (Å²) >= 11 is 0. The van der Waals surface area contributed by atoms with E-state index in [4.69, 9.17) is 0 Å². The molecule has 0 unspecified atom stereocenters. The van der Waals surface area contributed by atoms with Gasteiger partial charge in [-0.3, -0.25) is 4.79 Å². The number of hydrogen-bond donors (Lipinski definition) is 1. The smallest absolute Gasteiger partial charge is 0.228 e. The number of nitrogens with one attached hydrogen (secondary N) is 1. The van der Waals surface area contributed by atoms with Gasteiger partial charge in [-0.15, -0.1) is 12.4 Å². The molecular formula is C20H33ClN2O. The number of halogens is 1. The van der Waals surface area contributed by atoms with Crippen LogP contribution < -0.4 is 5.32 Å². The fraction of sp³-hybridized carbons (Fsp3) is 0.650. The molecule has 1 N–H and O–H groups in total. The lowest BCUT2D eigenvalue weighted by atomic mass is 9.84. The first-order valence-electron chi connectivity index (χ1n) is 9.01. The summed E-state index contributed by atoms with van der Waals surface area (Å²) in [6.07, 6.45) is 5.34. The second-order valence-corrected chi connectivity index (χ2v) is 7.52. The van der Waals surface area contributed by atoms with Crippen LogP contribution >= 0.6 is 12.4 Å². The molecule has 1 heterocycles. The van der Waals surface area contributed by atoms with E-state index in [9.17, 15) is 4.79 Å². The third-order valence-electron chi connectivity index (χ3n) is 5.08. The molecule has 1 aliphatic heterocycles. The summed E-state index contributed by atoms with van der Waals surface area (Å²) in [5.41, 5.74) is 1.12. The van der Waals surface area contributed by atoms with E-state index in [2.05, 4.69) is 54.4 Å². The summed E-state index contributed by atoms with van der Waals surface area (Å²) in [4.78, 5) is 14.9. The molecule has 1 fully saturated rings. The molecule has 0 atom stereocenters. The highest BCUT2D eigenvalue weighted by Crippen LogP contribution is 2.28. The molecule has 24 heavy (non-hydrogen) atoms. The van der Waals surface area contributed by atoms with Crippen LogP contribution in [-0.2, 0) is 11.2 Å². The standard InChI is InChI=1S/C20H32N2O.ClH/c1-20(2,13-7-10-17-8-5-4-6-9-17)19(23)22-14-11-18(12-15-22)16-21-3;/h4-6,8-9,18,21H,7,10-16H2,1-3H3;1H. The van der Waals surface area contributed by atoms with Crippen molar-refractivity contribution < 1.29 is 4.79 Å². The van der Waals surface area contributed by atoms with Gasteiger partial charge in [0.05, 0.1) is 0 Å². The number of benzene rings is 1.